The summed E-state index contributed by atoms with van der Waals surface area (Å²) in [6.07, 6.45) is 2.16. The molecule has 0 aliphatic carbocycles. The molecule has 2 rings (SSSR count). The zero-order valence-electron chi connectivity index (χ0n) is 12.1. The van der Waals surface area contributed by atoms with Crippen LogP contribution in [0.15, 0.2) is 18.2 Å². The van der Waals surface area contributed by atoms with Crippen molar-refractivity contribution in [3.8, 4) is 11.5 Å². The fourth-order valence-electron chi connectivity index (χ4n) is 2.63. The zero-order valence-corrected chi connectivity index (χ0v) is 12.1. The van der Waals surface area contributed by atoms with Gasteiger partial charge in [-0.25, -0.2) is 0 Å². The molecular formula is C15H24N2O2. The first kappa shape index (κ1) is 14.2. The van der Waals surface area contributed by atoms with Crippen LogP contribution in [-0.2, 0) is 0 Å². The Morgan fingerprint density at radius 2 is 1.79 bits per heavy atom. The fraction of sp³-hybridized carbons (Fsp3) is 0.600. The molecule has 0 spiro atoms. The van der Waals surface area contributed by atoms with Gasteiger partial charge in [-0.1, -0.05) is 6.07 Å². The Bertz CT molecular complexity index is 415. The molecule has 4 nitrogen and oxygen atoms in total. The van der Waals surface area contributed by atoms with Crippen molar-refractivity contribution in [2.45, 2.75) is 31.8 Å². The first-order chi connectivity index (χ1) is 9.15. The lowest BCUT2D eigenvalue weighted by atomic mass is 10.0. The smallest absolute Gasteiger partial charge is 0.161 e. The molecule has 0 aromatic heterocycles. The van der Waals surface area contributed by atoms with E-state index in [1.54, 1.807) is 14.2 Å². The van der Waals surface area contributed by atoms with Crippen molar-refractivity contribution >= 4 is 0 Å². The van der Waals surface area contributed by atoms with Crippen molar-refractivity contribution in [2.24, 2.45) is 5.73 Å². The largest absolute Gasteiger partial charge is 0.493 e. The SMILES string of the molecule is COc1ccc(C(C)N2CCC(N)CC2)cc1OC. The minimum atomic E-state index is 0.369. The average molecular weight is 264 g/mol. The van der Waals surface area contributed by atoms with E-state index in [-0.39, 0.29) is 0 Å². The van der Waals surface area contributed by atoms with Crippen LogP contribution in [0.2, 0.25) is 0 Å². The highest BCUT2D eigenvalue weighted by atomic mass is 16.5. The van der Waals surface area contributed by atoms with E-state index in [0.29, 0.717) is 12.1 Å². The quantitative estimate of drug-likeness (QED) is 0.905. The second-order valence-electron chi connectivity index (χ2n) is 5.16. The van der Waals surface area contributed by atoms with E-state index < -0.39 is 0 Å². The summed E-state index contributed by atoms with van der Waals surface area (Å²) >= 11 is 0. The predicted molar refractivity (Wildman–Crippen MR) is 76.7 cm³/mol. The van der Waals surface area contributed by atoms with Crippen LogP contribution in [0, 0.1) is 0 Å². The summed E-state index contributed by atoms with van der Waals surface area (Å²) < 4.78 is 10.6. The third-order valence-corrected chi connectivity index (χ3v) is 4.01. The molecule has 1 heterocycles. The lowest BCUT2D eigenvalue weighted by Crippen LogP contribution is -2.40. The summed E-state index contributed by atoms with van der Waals surface area (Å²) in [6.45, 7) is 4.37. The van der Waals surface area contributed by atoms with Crippen molar-refractivity contribution in [3.05, 3.63) is 23.8 Å². The van der Waals surface area contributed by atoms with E-state index in [1.165, 1.54) is 5.56 Å². The first-order valence-electron chi connectivity index (χ1n) is 6.87. The van der Waals surface area contributed by atoms with Gasteiger partial charge < -0.3 is 15.2 Å². The highest BCUT2D eigenvalue weighted by Crippen LogP contribution is 2.32. The summed E-state index contributed by atoms with van der Waals surface area (Å²) in [7, 11) is 3.33. The number of piperidine rings is 1. The number of hydrogen-bond donors (Lipinski definition) is 1. The van der Waals surface area contributed by atoms with Crippen molar-refractivity contribution < 1.29 is 9.47 Å². The maximum absolute atomic E-state index is 5.96. The minimum absolute atomic E-state index is 0.369. The third-order valence-electron chi connectivity index (χ3n) is 4.01. The Labute approximate surface area is 115 Å². The van der Waals surface area contributed by atoms with E-state index in [1.807, 2.05) is 6.07 Å². The van der Waals surface area contributed by atoms with E-state index >= 15 is 0 Å². The molecule has 106 valence electrons. The van der Waals surface area contributed by atoms with Gasteiger partial charge in [-0.3, -0.25) is 4.90 Å². The monoisotopic (exact) mass is 264 g/mol. The molecule has 1 fully saturated rings. The van der Waals surface area contributed by atoms with Gasteiger partial charge in [0.1, 0.15) is 0 Å². The molecule has 1 atom stereocenters. The van der Waals surface area contributed by atoms with Crippen molar-refractivity contribution in [1.82, 2.24) is 4.90 Å². The molecule has 0 radical (unpaired) electrons. The Kier molecular flexibility index (Phi) is 4.66. The van der Waals surface area contributed by atoms with Crippen LogP contribution in [0.4, 0.5) is 0 Å². The topological polar surface area (TPSA) is 47.7 Å². The maximum Gasteiger partial charge on any atom is 0.161 e. The molecule has 0 amide bonds. The molecule has 0 bridgehead atoms. The number of hydrogen-bond acceptors (Lipinski definition) is 4. The van der Waals surface area contributed by atoms with E-state index in [2.05, 4.69) is 24.0 Å². The van der Waals surface area contributed by atoms with Crippen LogP contribution in [0.1, 0.15) is 31.4 Å². The highest BCUT2D eigenvalue weighted by molar-refractivity contribution is 5.43. The summed E-state index contributed by atoms with van der Waals surface area (Å²) in [4.78, 5) is 2.48. The second kappa shape index (κ2) is 6.26. The van der Waals surface area contributed by atoms with E-state index in [9.17, 15) is 0 Å². The minimum Gasteiger partial charge on any atom is -0.493 e. The molecule has 1 unspecified atom stereocenters. The van der Waals surface area contributed by atoms with Gasteiger partial charge >= 0.3 is 0 Å². The van der Waals surface area contributed by atoms with Gasteiger partial charge in [-0.15, -0.1) is 0 Å². The molecule has 0 saturated carbocycles. The Morgan fingerprint density at radius 1 is 1.16 bits per heavy atom. The van der Waals surface area contributed by atoms with Gasteiger partial charge in [0.25, 0.3) is 0 Å². The lowest BCUT2D eigenvalue weighted by molar-refractivity contribution is 0.163. The molecule has 2 N–H and O–H groups in total. The van der Waals surface area contributed by atoms with Crippen molar-refractivity contribution in [3.63, 3.8) is 0 Å². The maximum atomic E-state index is 5.96. The van der Waals surface area contributed by atoms with Crippen LogP contribution >= 0.6 is 0 Å². The lowest BCUT2D eigenvalue weighted by Gasteiger charge is -2.35. The summed E-state index contributed by atoms with van der Waals surface area (Å²) in [5.74, 6) is 1.57. The molecule has 1 aromatic carbocycles. The molecule has 1 saturated heterocycles. The molecule has 1 aromatic rings. The number of benzene rings is 1. The summed E-state index contributed by atoms with van der Waals surface area (Å²) in [6, 6.07) is 6.90. The van der Waals surface area contributed by atoms with Gasteiger partial charge in [-0.2, -0.15) is 0 Å². The Balaban J connectivity index is 2.12. The van der Waals surface area contributed by atoms with Gasteiger partial charge in [0.2, 0.25) is 0 Å². The standard InChI is InChI=1S/C15H24N2O2/c1-11(17-8-6-13(16)7-9-17)12-4-5-14(18-2)15(10-12)19-3/h4-5,10-11,13H,6-9,16H2,1-3H3. The van der Waals surface area contributed by atoms with Crippen LogP contribution in [-0.4, -0.2) is 38.3 Å². The fourth-order valence-corrected chi connectivity index (χ4v) is 2.63. The highest BCUT2D eigenvalue weighted by Gasteiger charge is 2.22. The second-order valence-corrected chi connectivity index (χ2v) is 5.16. The van der Waals surface area contributed by atoms with Gasteiger partial charge in [0.05, 0.1) is 14.2 Å². The average Bonchev–Trinajstić information content (AvgIpc) is 2.46. The molecule has 4 heteroatoms. The number of likely N-dealkylation sites (tertiary alicyclic amines) is 1. The number of methoxy groups -OCH3 is 2. The molecule has 19 heavy (non-hydrogen) atoms. The van der Waals surface area contributed by atoms with Crippen LogP contribution < -0.4 is 15.2 Å². The molecule has 1 aliphatic heterocycles. The summed E-state index contributed by atoms with van der Waals surface area (Å²) in [5.41, 5.74) is 7.21. The van der Waals surface area contributed by atoms with Crippen molar-refractivity contribution in [1.29, 1.82) is 0 Å². The van der Waals surface area contributed by atoms with Gasteiger partial charge in [-0.05, 0) is 37.5 Å². The molecule has 1 aliphatic rings. The van der Waals surface area contributed by atoms with E-state index in [0.717, 1.165) is 37.4 Å². The zero-order chi connectivity index (χ0) is 13.8. The third kappa shape index (κ3) is 3.19. The number of nitrogens with zero attached hydrogens (tertiary/aromatic N) is 1. The van der Waals surface area contributed by atoms with Crippen LogP contribution in [0.5, 0.6) is 11.5 Å². The molecular weight excluding hydrogens is 240 g/mol. The van der Waals surface area contributed by atoms with Crippen LogP contribution in [0.25, 0.3) is 0 Å². The van der Waals surface area contributed by atoms with Crippen LogP contribution in [0.3, 0.4) is 0 Å². The summed E-state index contributed by atoms with van der Waals surface area (Å²) in [5, 5.41) is 0. The first-order valence-corrected chi connectivity index (χ1v) is 6.87. The predicted octanol–water partition coefficient (Wildman–Crippen LogP) is 2.19. The van der Waals surface area contributed by atoms with Crippen molar-refractivity contribution in [2.75, 3.05) is 27.3 Å². The Morgan fingerprint density at radius 3 is 2.37 bits per heavy atom. The van der Waals surface area contributed by atoms with Gasteiger partial charge in [0, 0.05) is 25.2 Å². The van der Waals surface area contributed by atoms with Gasteiger partial charge in [0.15, 0.2) is 11.5 Å². The van der Waals surface area contributed by atoms with E-state index in [4.69, 9.17) is 15.2 Å². The number of ether oxygens (including phenoxy) is 2. The number of rotatable bonds is 4. The Hall–Kier alpha value is -1.26. The normalized spacial score (nSPS) is 19.2. The number of nitrogens with two attached hydrogens (primary N) is 1.